The van der Waals surface area contributed by atoms with E-state index in [-0.39, 0.29) is 11.0 Å². The Balaban J connectivity index is 1.70. The molecule has 1 aliphatic heterocycles. The third-order valence-corrected chi connectivity index (χ3v) is 9.02. The number of nitrogens with zero attached hydrogens (tertiary/aromatic N) is 3. The van der Waals surface area contributed by atoms with E-state index in [4.69, 9.17) is 21.3 Å². The largest absolute Gasteiger partial charge is 0.376 e. The number of benzene rings is 2. The van der Waals surface area contributed by atoms with Crippen molar-refractivity contribution in [3.8, 4) is 0 Å². The van der Waals surface area contributed by atoms with Gasteiger partial charge in [-0.3, -0.25) is 0 Å². The smallest absolute Gasteiger partial charge is 0.243 e. The van der Waals surface area contributed by atoms with Crippen molar-refractivity contribution in [3.05, 3.63) is 53.1 Å². The first kappa shape index (κ1) is 23.6. The number of fused-ring (bicyclic) bond motifs is 1. The van der Waals surface area contributed by atoms with Gasteiger partial charge in [0.25, 0.3) is 0 Å². The Morgan fingerprint density at radius 1 is 1.22 bits per heavy atom. The average Bonchev–Trinajstić information content (AvgIpc) is 3.41. The van der Waals surface area contributed by atoms with E-state index in [1.165, 1.54) is 4.31 Å². The van der Waals surface area contributed by atoms with Crippen molar-refractivity contribution < 1.29 is 13.2 Å². The number of thioether (sulfide) groups is 1. The minimum absolute atomic E-state index is 0.150. The zero-order chi connectivity index (χ0) is 22.7. The van der Waals surface area contributed by atoms with Gasteiger partial charge in [0.2, 0.25) is 10.0 Å². The molecule has 0 aliphatic carbocycles. The van der Waals surface area contributed by atoms with Gasteiger partial charge in [-0.1, -0.05) is 49.3 Å². The Morgan fingerprint density at radius 3 is 2.72 bits per heavy atom. The van der Waals surface area contributed by atoms with Crippen LogP contribution in [0.25, 0.3) is 11.0 Å². The summed E-state index contributed by atoms with van der Waals surface area (Å²) < 4.78 is 35.5. The molecule has 0 unspecified atom stereocenters. The minimum atomic E-state index is -3.54. The maximum absolute atomic E-state index is 13.0. The minimum Gasteiger partial charge on any atom is -0.376 e. The second-order valence-electron chi connectivity index (χ2n) is 7.80. The molecule has 0 bridgehead atoms. The maximum Gasteiger partial charge on any atom is 0.243 e. The fraction of sp³-hybridized carbons (Fsp3) is 0.435. The molecule has 1 aliphatic rings. The Kier molecular flexibility index (Phi) is 7.47. The average molecular weight is 494 g/mol. The van der Waals surface area contributed by atoms with Gasteiger partial charge in [-0.15, -0.1) is 0 Å². The summed E-state index contributed by atoms with van der Waals surface area (Å²) in [6, 6.07) is 13.1. The summed E-state index contributed by atoms with van der Waals surface area (Å²) in [5.74, 6) is 0.722. The van der Waals surface area contributed by atoms with Crippen LogP contribution in [0.1, 0.15) is 32.3 Å². The molecule has 32 heavy (non-hydrogen) atoms. The summed E-state index contributed by atoms with van der Waals surface area (Å²) in [4.78, 5) is 5.11. The van der Waals surface area contributed by atoms with Gasteiger partial charge in [0, 0.05) is 30.5 Å². The standard InChI is InChI=1S/C23H28ClN3O3S2/c1-3-26(4-2)32(28,29)20-10-11-22-21(14-20)25-23(27(22)15-19-9-6-12-30-19)31-16-17-7-5-8-18(24)13-17/h5,7-8,10-11,13-14,19H,3-4,6,9,12,15-16H2,1-2H3/t19-/m1/s1. The van der Waals surface area contributed by atoms with Crippen LogP contribution in [0.5, 0.6) is 0 Å². The van der Waals surface area contributed by atoms with Gasteiger partial charge >= 0.3 is 0 Å². The molecule has 0 N–H and O–H groups in total. The normalized spacial score (nSPS) is 16.9. The number of aromatic nitrogens is 2. The molecular formula is C23H28ClN3O3S2. The summed E-state index contributed by atoms with van der Waals surface area (Å²) in [5.41, 5.74) is 2.72. The second-order valence-corrected chi connectivity index (χ2v) is 11.1. The summed E-state index contributed by atoms with van der Waals surface area (Å²) in [7, 11) is -3.54. The molecule has 1 fully saturated rings. The van der Waals surface area contributed by atoms with E-state index < -0.39 is 10.0 Å². The lowest BCUT2D eigenvalue weighted by atomic mass is 10.2. The lowest BCUT2D eigenvalue weighted by molar-refractivity contribution is 0.0960. The molecule has 172 valence electrons. The Labute approximate surface area is 199 Å². The van der Waals surface area contributed by atoms with E-state index in [0.29, 0.717) is 30.2 Å². The van der Waals surface area contributed by atoms with Crippen molar-refractivity contribution in [2.45, 2.75) is 55.1 Å². The summed E-state index contributed by atoms with van der Waals surface area (Å²) in [6.07, 6.45) is 2.23. The number of imidazole rings is 1. The van der Waals surface area contributed by atoms with Crippen molar-refractivity contribution >= 4 is 44.4 Å². The topological polar surface area (TPSA) is 64.4 Å². The van der Waals surface area contributed by atoms with E-state index in [1.54, 1.807) is 23.9 Å². The molecule has 0 radical (unpaired) electrons. The van der Waals surface area contributed by atoms with Crippen molar-refractivity contribution in [2.75, 3.05) is 19.7 Å². The second kappa shape index (κ2) is 10.1. The van der Waals surface area contributed by atoms with Crippen LogP contribution in [0.2, 0.25) is 5.02 Å². The fourth-order valence-electron chi connectivity index (χ4n) is 4.01. The van der Waals surface area contributed by atoms with Crippen LogP contribution in [0.15, 0.2) is 52.5 Å². The highest BCUT2D eigenvalue weighted by Crippen LogP contribution is 2.31. The quantitative estimate of drug-likeness (QED) is 0.384. The van der Waals surface area contributed by atoms with Crippen molar-refractivity contribution in [2.24, 2.45) is 0 Å². The van der Waals surface area contributed by atoms with Crippen molar-refractivity contribution in [1.82, 2.24) is 13.9 Å². The molecule has 9 heteroatoms. The van der Waals surface area contributed by atoms with E-state index in [0.717, 1.165) is 41.4 Å². The Hall–Kier alpha value is -1.58. The number of ether oxygens (including phenoxy) is 1. The molecule has 4 rings (SSSR count). The van der Waals surface area contributed by atoms with E-state index in [9.17, 15) is 8.42 Å². The lowest BCUT2D eigenvalue weighted by Crippen LogP contribution is -2.30. The summed E-state index contributed by atoms with van der Waals surface area (Å²) in [5, 5.41) is 1.56. The molecule has 2 aromatic carbocycles. The Bertz CT molecular complexity index is 1190. The zero-order valence-corrected chi connectivity index (χ0v) is 20.7. The number of halogens is 1. The number of hydrogen-bond acceptors (Lipinski definition) is 5. The van der Waals surface area contributed by atoms with Crippen LogP contribution in [0.3, 0.4) is 0 Å². The monoisotopic (exact) mass is 493 g/mol. The van der Waals surface area contributed by atoms with Gasteiger partial charge in [-0.05, 0) is 48.7 Å². The first-order chi connectivity index (χ1) is 15.4. The Morgan fingerprint density at radius 2 is 2.03 bits per heavy atom. The van der Waals surface area contributed by atoms with Crippen molar-refractivity contribution in [1.29, 1.82) is 0 Å². The first-order valence-corrected chi connectivity index (χ1v) is 13.7. The van der Waals surface area contributed by atoms with E-state index in [1.807, 2.05) is 44.2 Å². The van der Waals surface area contributed by atoms with Gasteiger partial charge in [0.05, 0.1) is 28.6 Å². The summed E-state index contributed by atoms with van der Waals surface area (Å²) >= 11 is 7.76. The molecule has 1 atom stereocenters. The molecule has 0 spiro atoms. The number of rotatable bonds is 9. The lowest BCUT2D eigenvalue weighted by Gasteiger charge is -2.18. The molecule has 3 aromatic rings. The highest BCUT2D eigenvalue weighted by atomic mass is 35.5. The van der Waals surface area contributed by atoms with Crippen LogP contribution in [0.4, 0.5) is 0 Å². The van der Waals surface area contributed by atoms with E-state index in [2.05, 4.69) is 4.57 Å². The molecular weight excluding hydrogens is 466 g/mol. The predicted molar refractivity (Wildman–Crippen MR) is 130 cm³/mol. The number of hydrogen-bond donors (Lipinski definition) is 0. The van der Waals surface area contributed by atoms with Crippen LogP contribution >= 0.6 is 23.4 Å². The predicted octanol–water partition coefficient (Wildman–Crippen LogP) is 5.19. The molecule has 6 nitrogen and oxygen atoms in total. The molecule has 2 heterocycles. The molecule has 0 amide bonds. The van der Waals surface area contributed by atoms with Gasteiger partial charge in [0.1, 0.15) is 0 Å². The fourth-order valence-corrected chi connectivity index (χ4v) is 6.67. The van der Waals surface area contributed by atoms with Crippen LogP contribution in [-0.4, -0.2) is 48.1 Å². The van der Waals surface area contributed by atoms with Gasteiger partial charge in [0.15, 0.2) is 5.16 Å². The highest BCUT2D eigenvalue weighted by Gasteiger charge is 2.24. The molecule has 1 aromatic heterocycles. The van der Waals surface area contributed by atoms with Crippen molar-refractivity contribution in [3.63, 3.8) is 0 Å². The third kappa shape index (κ3) is 4.99. The van der Waals surface area contributed by atoms with Gasteiger partial charge in [-0.2, -0.15) is 4.31 Å². The zero-order valence-electron chi connectivity index (χ0n) is 18.3. The molecule has 0 saturated carbocycles. The van der Waals surface area contributed by atoms with Crippen LogP contribution in [0, 0.1) is 0 Å². The number of sulfonamides is 1. The summed E-state index contributed by atoms with van der Waals surface area (Å²) in [6.45, 7) is 6.06. The first-order valence-electron chi connectivity index (χ1n) is 10.9. The SMILES string of the molecule is CCN(CC)S(=O)(=O)c1ccc2c(c1)nc(SCc1cccc(Cl)c1)n2C[C@H]1CCCO1. The third-order valence-electron chi connectivity index (χ3n) is 5.70. The van der Waals surface area contributed by atoms with E-state index >= 15 is 0 Å². The van der Waals surface area contributed by atoms with Crippen LogP contribution < -0.4 is 0 Å². The highest BCUT2D eigenvalue weighted by molar-refractivity contribution is 7.98. The van der Waals surface area contributed by atoms with Crippen LogP contribution in [-0.2, 0) is 27.1 Å². The van der Waals surface area contributed by atoms with Gasteiger partial charge in [-0.25, -0.2) is 13.4 Å². The van der Waals surface area contributed by atoms with Gasteiger partial charge < -0.3 is 9.30 Å². The molecule has 1 saturated heterocycles. The maximum atomic E-state index is 13.0.